The molecule has 2 aromatic carbocycles. The van der Waals surface area contributed by atoms with E-state index in [-0.39, 0.29) is 18.1 Å². The lowest BCUT2D eigenvalue weighted by Crippen LogP contribution is -2.53. The second-order valence-corrected chi connectivity index (χ2v) is 11.6. The zero-order chi connectivity index (χ0) is 26.9. The molecular weight excluding hydrogens is 486 g/mol. The first kappa shape index (κ1) is 25.6. The normalized spacial score (nSPS) is 21.7. The van der Waals surface area contributed by atoms with Crippen LogP contribution in [0.1, 0.15) is 74.5 Å². The highest BCUT2D eigenvalue weighted by Crippen LogP contribution is 2.38. The average molecular weight is 524 g/mol. The number of H-pyrrole nitrogens is 1. The number of hydrogen-bond acceptors (Lipinski definition) is 5. The molecule has 0 aliphatic carbocycles. The van der Waals surface area contributed by atoms with Crippen molar-refractivity contribution in [1.82, 2.24) is 20.5 Å². The molecule has 6 rings (SSSR count). The largest absolute Gasteiger partial charge is 0.393 e. The molecule has 2 bridgehead atoms. The Hall–Kier alpha value is -3.71. The van der Waals surface area contributed by atoms with E-state index in [1.165, 1.54) is 12.1 Å². The van der Waals surface area contributed by atoms with Gasteiger partial charge in [-0.15, -0.1) is 0 Å². The summed E-state index contributed by atoms with van der Waals surface area (Å²) in [4.78, 5) is 20.4. The van der Waals surface area contributed by atoms with Gasteiger partial charge in [-0.05, 0) is 86.9 Å². The van der Waals surface area contributed by atoms with E-state index >= 15 is 0 Å². The predicted octanol–water partition coefficient (Wildman–Crippen LogP) is 6.02. The minimum atomic E-state index is -0.178. The first-order chi connectivity index (χ1) is 19.0. The number of pyridine rings is 1. The molecule has 0 spiro atoms. The molecule has 7 heteroatoms. The van der Waals surface area contributed by atoms with Crippen LogP contribution in [-0.4, -0.2) is 44.4 Å². The molecule has 2 aliphatic rings. The summed E-state index contributed by atoms with van der Waals surface area (Å²) >= 11 is 0. The molecule has 3 N–H and O–H groups in total. The summed E-state index contributed by atoms with van der Waals surface area (Å²) in [5.74, 6) is 0.298. The van der Waals surface area contributed by atoms with Crippen molar-refractivity contribution < 1.29 is 9.90 Å². The van der Waals surface area contributed by atoms with Gasteiger partial charge in [0.2, 0.25) is 0 Å². The third-order valence-corrected chi connectivity index (χ3v) is 8.27. The Kier molecular flexibility index (Phi) is 7.09. The summed E-state index contributed by atoms with van der Waals surface area (Å²) in [5, 5.41) is 22.2. The number of amides is 1. The Morgan fingerprint density at radius 1 is 1.08 bits per heavy atom. The molecule has 1 amide bonds. The van der Waals surface area contributed by atoms with Crippen molar-refractivity contribution in [2.24, 2.45) is 5.92 Å². The topological polar surface area (TPSA) is 94.1 Å². The van der Waals surface area contributed by atoms with Crippen LogP contribution in [0, 0.1) is 5.92 Å². The molecule has 202 valence electrons. The quantitative estimate of drug-likeness (QED) is 0.275. The number of fused-ring (bicyclic) bond motifs is 3. The highest BCUT2D eigenvalue weighted by molar-refractivity contribution is 6.01. The van der Waals surface area contributed by atoms with Crippen LogP contribution in [-0.2, 0) is 0 Å². The zero-order valence-electron chi connectivity index (χ0n) is 22.7. The molecule has 4 aromatic rings. The van der Waals surface area contributed by atoms with Gasteiger partial charge in [-0.3, -0.25) is 14.9 Å². The summed E-state index contributed by atoms with van der Waals surface area (Å²) in [6.07, 6.45) is 7.63. The fourth-order valence-electron chi connectivity index (χ4n) is 6.49. The second-order valence-electron chi connectivity index (χ2n) is 11.6. The summed E-state index contributed by atoms with van der Waals surface area (Å²) in [6.45, 7) is 4.30. The summed E-state index contributed by atoms with van der Waals surface area (Å²) < 4.78 is 0. The minimum Gasteiger partial charge on any atom is -0.393 e. The molecular formula is C32H37N5O2. The Morgan fingerprint density at radius 2 is 1.85 bits per heavy atom. The molecule has 1 unspecified atom stereocenters. The van der Waals surface area contributed by atoms with E-state index in [1.54, 1.807) is 6.20 Å². The van der Waals surface area contributed by atoms with Crippen LogP contribution in [0.15, 0.2) is 66.9 Å². The van der Waals surface area contributed by atoms with Crippen LogP contribution in [0.2, 0.25) is 0 Å². The lowest BCUT2D eigenvalue weighted by molar-refractivity contribution is 0.0924. The number of piperidine rings is 2. The van der Waals surface area contributed by atoms with E-state index in [1.807, 2.05) is 36.4 Å². The number of hydrogen-bond donors (Lipinski definition) is 3. The number of rotatable bonds is 7. The third kappa shape index (κ3) is 5.28. The van der Waals surface area contributed by atoms with Crippen LogP contribution >= 0.6 is 0 Å². The molecule has 2 aromatic heterocycles. The maximum atomic E-state index is 13.4. The maximum Gasteiger partial charge on any atom is 0.251 e. The number of aliphatic hydroxyl groups excluding tert-OH is 1. The molecule has 0 radical (unpaired) electrons. The van der Waals surface area contributed by atoms with Crippen molar-refractivity contribution in [2.75, 3.05) is 4.90 Å². The zero-order valence-corrected chi connectivity index (χ0v) is 22.7. The Labute approximate surface area is 229 Å². The van der Waals surface area contributed by atoms with E-state index in [4.69, 9.17) is 0 Å². The third-order valence-electron chi connectivity index (χ3n) is 8.27. The number of carbonyl (C=O) groups is 1. The molecule has 7 nitrogen and oxygen atoms in total. The van der Waals surface area contributed by atoms with Gasteiger partial charge in [0.15, 0.2) is 0 Å². The number of aliphatic hydroxyl groups is 1. The summed E-state index contributed by atoms with van der Waals surface area (Å²) in [7, 11) is 0. The van der Waals surface area contributed by atoms with Crippen molar-refractivity contribution in [3.05, 3.63) is 78.1 Å². The average Bonchev–Trinajstić information content (AvgIpc) is 3.36. The molecule has 2 fully saturated rings. The van der Waals surface area contributed by atoms with Crippen molar-refractivity contribution in [2.45, 2.75) is 76.6 Å². The smallest absolute Gasteiger partial charge is 0.251 e. The van der Waals surface area contributed by atoms with Crippen LogP contribution in [0.4, 0.5) is 5.69 Å². The number of nitrogens with one attached hydrogen (secondary N) is 2. The van der Waals surface area contributed by atoms with Gasteiger partial charge in [0.05, 0.1) is 29.1 Å². The van der Waals surface area contributed by atoms with Crippen LogP contribution in [0.5, 0.6) is 0 Å². The molecule has 0 saturated carbocycles. The van der Waals surface area contributed by atoms with E-state index in [0.717, 1.165) is 60.0 Å². The van der Waals surface area contributed by atoms with Gasteiger partial charge in [-0.1, -0.05) is 32.0 Å². The molecule has 2 saturated heterocycles. The second kappa shape index (κ2) is 10.8. The van der Waals surface area contributed by atoms with Crippen molar-refractivity contribution >= 4 is 22.5 Å². The summed E-state index contributed by atoms with van der Waals surface area (Å²) in [6, 6.07) is 20.8. The van der Waals surface area contributed by atoms with Crippen LogP contribution in [0.25, 0.3) is 22.2 Å². The number of anilines is 1. The number of benzene rings is 2. The highest BCUT2D eigenvalue weighted by Gasteiger charge is 2.37. The fourth-order valence-corrected chi connectivity index (χ4v) is 6.49. The lowest BCUT2D eigenvalue weighted by atomic mass is 9.82. The highest BCUT2D eigenvalue weighted by atomic mass is 16.3. The first-order valence-corrected chi connectivity index (χ1v) is 14.2. The van der Waals surface area contributed by atoms with Gasteiger partial charge in [0.25, 0.3) is 5.91 Å². The first-order valence-electron chi connectivity index (χ1n) is 14.2. The fraction of sp³-hybridized carbons (Fsp3) is 0.406. The summed E-state index contributed by atoms with van der Waals surface area (Å²) in [5.41, 5.74) is 5.43. The van der Waals surface area contributed by atoms with Gasteiger partial charge >= 0.3 is 0 Å². The van der Waals surface area contributed by atoms with Gasteiger partial charge < -0.3 is 15.3 Å². The van der Waals surface area contributed by atoms with E-state index in [0.29, 0.717) is 23.6 Å². The molecule has 4 atom stereocenters. The van der Waals surface area contributed by atoms with Crippen LogP contribution < -0.4 is 10.2 Å². The Balaban J connectivity index is 1.24. The van der Waals surface area contributed by atoms with Gasteiger partial charge in [-0.25, -0.2) is 0 Å². The van der Waals surface area contributed by atoms with E-state index < -0.39 is 0 Å². The van der Waals surface area contributed by atoms with Gasteiger partial charge in [0, 0.05) is 40.5 Å². The van der Waals surface area contributed by atoms with Crippen molar-refractivity contribution in [1.29, 1.82) is 0 Å². The Morgan fingerprint density at radius 3 is 2.54 bits per heavy atom. The molecule has 4 heterocycles. The standard InChI is InChI=1S/C32H37N5O2/c1-20(2)16-30(29-8-3-4-15-33-29)34-32(39)22-11-14-28-27(17-22)31(36-35-28)21-9-12-23(13-10-21)37-24-6-5-7-25(37)19-26(38)18-24/h3-4,8-15,17,20,24-26,30,38H,5-7,16,18-19H2,1-2H3,(H,34,39)(H,35,36)/t24-,25+,26?,30-/m0/s1. The Bertz CT molecular complexity index is 1420. The predicted molar refractivity (Wildman–Crippen MR) is 155 cm³/mol. The van der Waals surface area contributed by atoms with Gasteiger partial charge in [-0.2, -0.15) is 5.10 Å². The maximum absolute atomic E-state index is 13.4. The molecule has 2 aliphatic heterocycles. The monoisotopic (exact) mass is 523 g/mol. The van der Waals surface area contributed by atoms with Crippen molar-refractivity contribution in [3.8, 4) is 11.3 Å². The number of aromatic nitrogens is 3. The lowest BCUT2D eigenvalue weighted by Gasteiger charge is -2.49. The van der Waals surface area contributed by atoms with Crippen LogP contribution in [0.3, 0.4) is 0 Å². The number of aromatic amines is 1. The number of nitrogens with zero attached hydrogens (tertiary/aromatic N) is 3. The van der Waals surface area contributed by atoms with E-state index in [9.17, 15) is 9.90 Å². The molecule has 39 heavy (non-hydrogen) atoms. The van der Waals surface area contributed by atoms with E-state index in [2.05, 4.69) is 63.5 Å². The SMILES string of the molecule is CC(C)C[C@H](NC(=O)c1ccc2[nH]nc(-c3ccc(N4[C@@H]5CCC[C@H]4CC(O)C5)cc3)c2c1)c1ccccn1. The minimum absolute atomic E-state index is 0.116. The van der Waals surface area contributed by atoms with Crippen molar-refractivity contribution in [3.63, 3.8) is 0 Å². The van der Waals surface area contributed by atoms with Gasteiger partial charge in [0.1, 0.15) is 0 Å². The number of carbonyl (C=O) groups excluding carboxylic acids is 1.